The number of nitrogens with one attached hydrogen (secondary N) is 1. The zero-order valence-corrected chi connectivity index (χ0v) is 15.7. The van der Waals surface area contributed by atoms with Crippen LogP contribution in [0.4, 0.5) is 5.69 Å². The van der Waals surface area contributed by atoms with Gasteiger partial charge < -0.3 is 10.1 Å². The van der Waals surface area contributed by atoms with Gasteiger partial charge in [-0.15, -0.1) is 11.3 Å². The first-order chi connectivity index (χ1) is 12.6. The van der Waals surface area contributed by atoms with Gasteiger partial charge in [-0.1, -0.05) is 17.7 Å². The third-order valence-corrected chi connectivity index (χ3v) is 5.65. The molecule has 0 aliphatic heterocycles. The summed E-state index contributed by atoms with van der Waals surface area (Å²) in [5.74, 6) is 0.569. The third-order valence-electron chi connectivity index (χ3n) is 4.30. The van der Waals surface area contributed by atoms with E-state index in [1.54, 1.807) is 19.2 Å². The molecule has 1 aliphatic rings. The maximum atomic E-state index is 12.6. The van der Waals surface area contributed by atoms with Gasteiger partial charge in [0, 0.05) is 5.56 Å². The fourth-order valence-corrected chi connectivity index (χ4v) is 4.19. The summed E-state index contributed by atoms with van der Waals surface area (Å²) in [7, 11) is 1.66. The van der Waals surface area contributed by atoms with Gasteiger partial charge in [-0.3, -0.25) is 4.79 Å². The molecule has 0 saturated carbocycles. The van der Waals surface area contributed by atoms with Crippen molar-refractivity contribution in [3.8, 4) is 16.2 Å². The summed E-state index contributed by atoms with van der Waals surface area (Å²) in [6.45, 7) is 0. The number of nitrogens with zero attached hydrogens (tertiary/aromatic N) is 2. The molecule has 0 saturated heterocycles. The van der Waals surface area contributed by atoms with Gasteiger partial charge >= 0.3 is 0 Å². The minimum Gasteiger partial charge on any atom is -0.497 e. The highest BCUT2D eigenvalue weighted by Gasteiger charge is 2.22. The minimum atomic E-state index is -0.239. The number of thiazole rings is 1. The van der Waals surface area contributed by atoms with E-state index in [9.17, 15) is 4.79 Å². The number of halogens is 1. The molecule has 4 rings (SSSR count). The second-order valence-electron chi connectivity index (χ2n) is 6.00. The average molecular weight is 386 g/mol. The molecule has 0 fully saturated rings. The van der Waals surface area contributed by atoms with Crippen molar-refractivity contribution >= 4 is 34.5 Å². The first-order valence-corrected chi connectivity index (χ1v) is 9.43. The van der Waals surface area contributed by atoms with Gasteiger partial charge in [0.1, 0.15) is 10.9 Å². The summed E-state index contributed by atoms with van der Waals surface area (Å²) in [5, 5.41) is 3.65. The van der Waals surface area contributed by atoms with Crippen molar-refractivity contribution < 1.29 is 9.53 Å². The van der Waals surface area contributed by atoms with Crippen LogP contribution in [0.15, 0.2) is 36.5 Å². The number of benzene rings is 1. The Morgan fingerprint density at radius 3 is 2.92 bits per heavy atom. The van der Waals surface area contributed by atoms with E-state index in [1.165, 1.54) is 23.1 Å². The highest BCUT2D eigenvalue weighted by Crippen LogP contribution is 2.38. The lowest BCUT2D eigenvalue weighted by atomic mass is 10.0. The standard InChI is InChI=1S/C19H16ClN3O2S/c1-25-13-7-5-11-3-2-4-15-17(14(11)9-13)26-19(23-15)18(24)22-12-6-8-16(20)21-10-12/h5-10H,2-4H2,1H3,(H,22,24). The summed E-state index contributed by atoms with van der Waals surface area (Å²) in [6.07, 6.45) is 4.40. The highest BCUT2D eigenvalue weighted by molar-refractivity contribution is 7.17. The molecule has 7 heteroatoms. The number of amides is 1. The van der Waals surface area contributed by atoms with Crippen molar-refractivity contribution in [2.45, 2.75) is 19.3 Å². The van der Waals surface area contributed by atoms with Crippen LogP contribution >= 0.6 is 22.9 Å². The number of anilines is 1. The predicted octanol–water partition coefficient (Wildman–Crippen LogP) is 4.61. The molecule has 132 valence electrons. The van der Waals surface area contributed by atoms with Gasteiger partial charge in [-0.2, -0.15) is 0 Å². The normalized spacial score (nSPS) is 12.7. The Morgan fingerprint density at radius 1 is 1.27 bits per heavy atom. The second kappa shape index (κ2) is 7.05. The van der Waals surface area contributed by atoms with Crippen molar-refractivity contribution in [1.29, 1.82) is 0 Å². The SMILES string of the molecule is COc1ccc2c(c1)-c1sc(C(=O)Nc3ccc(Cl)nc3)nc1CCC2. The number of methoxy groups -OCH3 is 1. The van der Waals surface area contributed by atoms with E-state index in [0.717, 1.165) is 41.1 Å². The van der Waals surface area contributed by atoms with E-state index in [4.69, 9.17) is 16.3 Å². The predicted molar refractivity (Wildman–Crippen MR) is 103 cm³/mol. The molecule has 0 atom stereocenters. The van der Waals surface area contributed by atoms with Crippen LogP contribution in [0.25, 0.3) is 10.4 Å². The number of aromatic nitrogens is 2. The first kappa shape index (κ1) is 17.0. The van der Waals surface area contributed by atoms with Crippen molar-refractivity contribution in [1.82, 2.24) is 9.97 Å². The summed E-state index contributed by atoms with van der Waals surface area (Å²) >= 11 is 7.19. The van der Waals surface area contributed by atoms with Crippen LogP contribution in [0.2, 0.25) is 5.15 Å². The van der Waals surface area contributed by atoms with Gasteiger partial charge in [-0.05, 0) is 49.1 Å². The smallest absolute Gasteiger partial charge is 0.284 e. The molecule has 5 nitrogen and oxygen atoms in total. The number of pyridine rings is 1. The summed E-state index contributed by atoms with van der Waals surface area (Å²) < 4.78 is 5.37. The Labute approximate surface area is 160 Å². The molecule has 0 unspecified atom stereocenters. The Bertz CT molecular complexity index is 969. The summed E-state index contributed by atoms with van der Waals surface area (Å²) in [4.78, 5) is 22.2. The van der Waals surface area contributed by atoms with Crippen LogP contribution in [-0.2, 0) is 12.8 Å². The second-order valence-corrected chi connectivity index (χ2v) is 7.38. The molecule has 0 radical (unpaired) electrons. The van der Waals surface area contributed by atoms with Crippen molar-refractivity contribution in [3.05, 3.63) is 57.9 Å². The van der Waals surface area contributed by atoms with E-state index >= 15 is 0 Å². The average Bonchev–Trinajstić information content (AvgIpc) is 3.00. The fourth-order valence-electron chi connectivity index (χ4n) is 3.02. The van der Waals surface area contributed by atoms with Crippen LogP contribution in [0, 0.1) is 0 Å². The molecule has 2 heterocycles. The lowest BCUT2D eigenvalue weighted by Gasteiger charge is -2.08. The zero-order chi connectivity index (χ0) is 18.1. The minimum absolute atomic E-state index is 0.239. The van der Waals surface area contributed by atoms with Crippen LogP contribution < -0.4 is 10.1 Å². The summed E-state index contributed by atoms with van der Waals surface area (Å²) in [6, 6.07) is 9.46. The van der Waals surface area contributed by atoms with E-state index in [1.807, 2.05) is 12.1 Å². The van der Waals surface area contributed by atoms with Crippen LogP contribution in [0.3, 0.4) is 0 Å². The number of fused-ring (bicyclic) bond motifs is 3. The Morgan fingerprint density at radius 2 is 2.15 bits per heavy atom. The number of aryl methyl sites for hydroxylation is 2. The first-order valence-electron chi connectivity index (χ1n) is 8.24. The van der Waals surface area contributed by atoms with E-state index < -0.39 is 0 Å². The quantitative estimate of drug-likeness (QED) is 0.669. The van der Waals surface area contributed by atoms with Gasteiger partial charge in [0.15, 0.2) is 5.01 Å². The van der Waals surface area contributed by atoms with Crippen molar-refractivity contribution in [2.75, 3.05) is 12.4 Å². The topological polar surface area (TPSA) is 64.1 Å². The molecule has 1 amide bonds. The van der Waals surface area contributed by atoms with Crippen LogP contribution in [0.5, 0.6) is 5.75 Å². The molecule has 1 aromatic carbocycles. The maximum Gasteiger partial charge on any atom is 0.284 e. The van der Waals surface area contributed by atoms with Gasteiger partial charge in [-0.25, -0.2) is 9.97 Å². The lowest BCUT2D eigenvalue weighted by Crippen LogP contribution is -2.11. The van der Waals surface area contributed by atoms with E-state index in [0.29, 0.717) is 15.8 Å². The molecule has 26 heavy (non-hydrogen) atoms. The Hall–Kier alpha value is -2.44. The number of hydrogen-bond acceptors (Lipinski definition) is 5. The number of carbonyl (C=O) groups is 1. The molecular weight excluding hydrogens is 370 g/mol. The summed E-state index contributed by atoms with van der Waals surface area (Å²) in [5.41, 5.74) is 3.94. The van der Waals surface area contributed by atoms with Crippen LogP contribution in [0.1, 0.15) is 27.5 Å². The molecular formula is C19H16ClN3O2S. The number of carbonyl (C=O) groups excluding carboxylic acids is 1. The fraction of sp³-hybridized carbons (Fsp3) is 0.211. The maximum absolute atomic E-state index is 12.6. The van der Waals surface area contributed by atoms with Gasteiger partial charge in [0.25, 0.3) is 5.91 Å². The number of rotatable bonds is 3. The Kier molecular flexibility index (Phi) is 4.61. The molecule has 0 spiro atoms. The molecule has 3 aromatic rings. The molecule has 1 N–H and O–H groups in total. The number of ether oxygens (including phenoxy) is 1. The van der Waals surface area contributed by atoms with Crippen molar-refractivity contribution in [2.24, 2.45) is 0 Å². The molecule has 1 aliphatic carbocycles. The monoisotopic (exact) mass is 385 g/mol. The van der Waals surface area contributed by atoms with Crippen molar-refractivity contribution in [3.63, 3.8) is 0 Å². The molecule has 2 aromatic heterocycles. The highest BCUT2D eigenvalue weighted by atomic mass is 35.5. The van der Waals surface area contributed by atoms with Gasteiger partial charge in [0.2, 0.25) is 0 Å². The molecule has 0 bridgehead atoms. The van der Waals surface area contributed by atoms with E-state index in [2.05, 4.69) is 21.4 Å². The lowest BCUT2D eigenvalue weighted by molar-refractivity contribution is 0.102. The largest absolute Gasteiger partial charge is 0.497 e. The van der Waals surface area contributed by atoms with Crippen LogP contribution in [-0.4, -0.2) is 23.0 Å². The zero-order valence-electron chi connectivity index (χ0n) is 14.1. The van der Waals surface area contributed by atoms with Gasteiger partial charge in [0.05, 0.1) is 29.6 Å². The van der Waals surface area contributed by atoms with E-state index in [-0.39, 0.29) is 5.91 Å². The third kappa shape index (κ3) is 3.30. The Balaban J connectivity index is 1.67. The number of hydrogen-bond donors (Lipinski definition) is 1.